The Morgan fingerprint density at radius 2 is 1.87 bits per heavy atom. The Labute approximate surface area is 142 Å². The lowest BCUT2D eigenvalue weighted by molar-refractivity contribution is -0.116. The fraction of sp³-hybridized carbons (Fsp3) is 0.667. The van der Waals surface area contributed by atoms with E-state index in [1.165, 1.54) is 31.2 Å². The number of hydrogen-bond acceptors (Lipinski definition) is 4. The summed E-state index contributed by atoms with van der Waals surface area (Å²) >= 11 is 1.55. The number of aryl methyl sites for hydroxylation is 1. The highest BCUT2D eigenvalue weighted by Crippen LogP contribution is 2.38. The Bertz CT molecular complexity index is 551. The molecule has 4 nitrogen and oxygen atoms in total. The maximum Gasteiger partial charge on any atom is 0.341 e. The van der Waals surface area contributed by atoms with Crippen molar-refractivity contribution in [1.29, 1.82) is 0 Å². The van der Waals surface area contributed by atoms with E-state index in [-0.39, 0.29) is 11.9 Å². The molecule has 1 aliphatic rings. The second kappa shape index (κ2) is 9.06. The minimum absolute atomic E-state index is 0.00486. The van der Waals surface area contributed by atoms with Gasteiger partial charge < -0.3 is 10.1 Å². The van der Waals surface area contributed by atoms with Gasteiger partial charge in [0, 0.05) is 11.3 Å². The third-order valence-electron chi connectivity index (χ3n) is 4.32. The number of methoxy groups -OCH3 is 1. The summed E-state index contributed by atoms with van der Waals surface area (Å²) in [4.78, 5) is 25.5. The summed E-state index contributed by atoms with van der Waals surface area (Å²) in [7, 11) is 1.40. The molecule has 1 N–H and O–H groups in total. The van der Waals surface area contributed by atoms with Crippen molar-refractivity contribution in [2.75, 3.05) is 12.4 Å². The molecule has 0 aliphatic heterocycles. The van der Waals surface area contributed by atoms with Gasteiger partial charge in [-0.1, -0.05) is 32.6 Å². The van der Waals surface area contributed by atoms with E-state index in [2.05, 4.69) is 12.2 Å². The predicted molar refractivity (Wildman–Crippen MR) is 94.3 cm³/mol. The monoisotopic (exact) mass is 337 g/mol. The summed E-state index contributed by atoms with van der Waals surface area (Å²) in [5.74, 6) is -0.326. The average molecular weight is 337 g/mol. The van der Waals surface area contributed by atoms with Crippen LogP contribution in [0, 0.1) is 0 Å². The topological polar surface area (TPSA) is 55.4 Å². The molecule has 2 rings (SSSR count). The van der Waals surface area contributed by atoms with Gasteiger partial charge in [0.1, 0.15) is 5.00 Å². The van der Waals surface area contributed by atoms with Gasteiger partial charge >= 0.3 is 5.97 Å². The van der Waals surface area contributed by atoms with Crippen LogP contribution in [-0.2, 0) is 22.4 Å². The second-order valence-corrected chi connectivity index (χ2v) is 7.22. The van der Waals surface area contributed by atoms with Crippen LogP contribution in [0.3, 0.4) is 0 Å². The van der Waals surface area contributed by atoms with Crippen LogP contribution in [0.25, 0.3) is 0 Å². The van der Waals surface area contributed by atoms with E-state index in [0.717, 1.165) is 44.1 Å². The molecule has 0 saturated carbocycles. The first kappa shape index (κ1) is 18.0. The molecule has 1 aromatic rings. The van der Waals surface area contributed by atoms with Gasteiger partial charge in [0.05, 0.1) is 12.7 Å². The molecule has 1 aromatic heterocycles. The molecular formula is C18H27NO3S. The van der Waals surface area contributed by atoms with Crippen molar-refractivity contribution in [3.05, 3.63) is 16.0 Å². The number of esters is 1. The average Bonchev–Trinajstić information content (AvgIpc) is 2.91. The van der Waals surface area contributed by atoms with Gasteiger partial charge in [-0.2, -0.15) is 0 Å². The molecule has 0 bridgehead atoms. The highest BCUT2D eigenvalue weighted by Gasteiger charge is 2.26. The van der Waals surface area contributed by atoms with E-state index in [1.54, 1.807) is 11.3 Å². The highest BCUT2D eigenvalue weighted by atomic mass is 32.1. The summed E-state index contributed by atoms with van der Waals surface area (Å²) in [5, 5.41) is 3.64. The molecule has 0 fully saturated rings. The first-order valence-electron chi connectivity index (χ1n) is 8.70. The summed E-state index contributed by atoms with van der Waals surface area (Å²) in [5.41, 5.74) is 1.68. The predicted octanol–water partition coefficient (Wildman–Crippen LogP) is 4.71. The van der Waals surface area contributed by atoms with Gasteiger partial charge in [0.15, 0.2) is 0 Å². The molecule has 0 unspecified atom stereocenters. The molecule has 0 radical (unpaired) electrons. The quantitative estimate of drug-likeness (QED) is 0.552. The number of anilines is 1. The molecular weight excluding hydrogens is 310 g/mol. The molecule has 0 saturated heterocycles. The largest absolute Gasteiger partial charge is 0.465 e. The summed E-state index contributed by atoms with van der Waals surface area (Å²) in [6.07, 6.45) is 10.3. The van der Waals surface area contributed by atoms with E-state index < -0.39 is 0 Å². The van der Waals surface area contributed by atoms with Crippen molar-refractivity contribution in [1.82, 2.24) is 0 Å². The molecule has 1 heterocycles. The van der Waals surface area contributed by atoms with Gasteiger partial charge in [0.2, 0.25) is 5.91 Å². The third-order valence-corrected chi connectivity index (χ3v) is 5.53. The number of thiophene rings is 1. The van der Waals surface area contributed by atoms with Crippen LogP contribution in [0.2, 0.25) is 0 Å². The van der Waals surface area contributed by atoms with Crippen molar-refractivity contribution in [3.63, 3.8) is 0 Å². The van der Waals surface area contributed by atoms with E-state index in [0.29, 0.717) is 17.0 Å². The maximum absolute atomic E-state index is 12.2. The van der Waals surface area contributed by atoms with E-state index in [1.807, 2.05) is 0 Å². The molecule has 128 valence electrons. The number of unbranched alkanes of at least 4 members (excludes halogenated alkanes) is 4. The van der Waals surface area contributed by atoms with Crippen LogP contribution in [0.4, 0.5) is 5.00 Å². The maximum atomic E-state index is 12.2. The molecule has 5 heteroatoms. The van der Waals surface area contributed by atoms with Gasteiger partial charge in [-0.25, -0.2) is 4.79 Å². The number of carbonyl (C=O) groups excluding carboxylic acids is 2. The van der Waals surface area contributed by atoms with Crippen LogP contribution < -0.4 is 5.32 Å². The third kappa shape index (κ3) is 4.80. The van der Waals surface area contributed by atoms with Gasteiger partial charge in [-0.15, -0.1) is 11.3 Å². The Morgan fingerprint density at radius 1 is 1.13 bits per heavy atom. The molecule has 0 aromatic carbocycles. The van der Waals surface area contributed by atoms with Crippen LogP contribution in [0.5, 0.6) is 0 Å². The van der Waals surface area contributed by atoms with Gasteiger partial charge in [-0.3, -0.25) is 4.79 Å². The number of rotatable bonds is 8. The lowest BCUT2D eigenvalue weighted by Crippen LogP contribution is -2.14. The minimum atomic E-state index is -0.331. The van der Waals surface area contributed by atoms with E-state index >= 15 is 0 Å². The number of ether oxygens (including phenoxy) is 1. The van der Waals surface area contributed by atoms with Crippen molar-refractivity contribution >= 4 is 28.2 Å². The summed E-state index contributed by atoms with van der Waals surface area (Å²) < 4.78 is 4.92. The van der Waals surface area contributed by atoms with E-state index in [4.69, 9.17) is 4.74 Å². The zero-order valence-corrected chi connectivity index (χ0v) is 15.0. The number of amides is 1. The Kier molecular flexibility index (Phi) is 7.09. The number of fused-ring (bicyclic) bond motifs is 1. The highest BCUT2D eigenvalue weighted by molar-refractivity contribution is 7.17. The van der Waals surface area contributed by atoms with E-state index in [9.17, 15) is 9.59 Å². The molecule has 23 heavy (non-hydrogen) atoms. The standard InChI is InChI=1S/C18H27NO3S/c1-3-4-5-6-7-12-15(20)19-17-16(18(21)22-2)13-10-8-9-11-14(13)23-17/h3-12H2,1-2H3,(H,19,20). The number of nitrogens with one attached hydrogen (secondary N) is 1. The van der Waals surface area contributed by atoms with Crippen molar-refractivity contribution in [2.45, 2.75) is 71.1 Å². The minimum Gasteiger partial charge on any atom is -0.465 e. The molecule has 1 aliphatic carbocycles. The smallest absolute Gasteiger partial charge is 0.341 e. The summed E-state index contributed by atoms with van der Waals surface area (Å²) in [6.45, 7) is 2.18. The molecule has 0 spiro atoms. The zero-order chi connectivity index (χ0) is 16.7. The summed E-state index contributed by atoms with van der Waals surface area (Å²) in [6, 6.07) is 0. The van der Waals surface area contributed by atoms with Crippen LogP contribution >= 0.6 is 11.3 Å². The number of carbonyl (C=O) groups is 2. The normalized spacial score (nSPS) is 13.5. The first-order valence-corrected chi connectivity index (χ1v) is 9.51. The van der Waals surface area contributed by atoms with Gasteiger partial charge in [0.25, 0.3) is 0 Å². The fourth-order valence-electron chi connectivity index (χ4n) is 3.05. The van der Waals surface area contributed by atoms with Crippen LogP contribution in [-0.4, -0.2) is 19.0 Å². The Hall–Kier alpha value is -1.36. The zero-order valence-electron chi connectivity index (χ0n) is 14.2. The Morgan fingerprint density at radius 3 is 2.61 bits per heavy atom. The van der Waals surface area contributed by atoms with Gasteiger partial charge in [-0.05, 0) is 37.7 Å². The molecule has 0 atom stereocenters. The lowest BCUT2D eigenvalue weighted by Gasteiger charge is -2.11. The fourth-order valence-corrected chi connectivity index (χ4v) is 4.34. The Balaban J connectivity index is 2.00. The van der Waals surface area contributed by atoms with Crippen molar-refractivity contribution in [2.24, 2.45) is 0 Å². The van der Waals surface area contributed by atoms with Crippen LogP contribution in [0.1, 0.15) is 79.1 Å². The first-order chi connectivity index (χ1) is 11.2. The van der Waals surface area contributed by atoms with Crippen molar-refractivity contribution < 1.29 is 14.3 Å². The second-order valence-electron chi connectivity index (χ2n) is 6.12. The number of hydrogen-bond donors (Lipinski definition) is 1. The lowest BCUT2D eigenvalue weighted by atomic mass is 9.95. The van der Waals surface area contributed by atoms with Crippen molar-refractivity contribution in [3.8, 4) is 0 Å². The molecule has 1 amide bonds. The SMILES string of the molecule is CCCCCCCC(=O)Nc1sc2c(c1C(=O)OC)CCCC2. The van der Waals surface area contributed by atoms with Crippen LogP contribution in [0.15, 0.2) is 0 Å².